The van der Waals surface area contributed by atoms with E-state index in [-0.39, 0.29) is 0 Å². The number of hydrogen-bond acceptors (Lipinski definition) is 4. The third kappa shape index (κ3) is 7.87. The zero-order valence-corrected chi connectivity index (χ0v) is 35.9. The van der Waals surface area contributed by atoms with Crippen molar-refractivity contribution >= 4 is 56.2 Å². The molecule has 298 valence electrons. The summed E-state index contributed by atoms with van der Waals surface area (Å²) in [5.74, 6) is 0. The molecule has 0 fully saturated rings. The van der Waals surface area contributed by atoms with E-state index in [1.807, 2.05) is 0 Å². The zero-order valence-electron chi connectivity index (χ0n) is 32.3. The summed E-state index contributed by atoms with van der Waals surface area (Å²) in [5, 5.41) is 16.3. The average molecular weight is 863 g/mol. The standard InChI is InChI=1S/C44H42N12P4/c1-2-24-49(23-1)57(50-25-3-4-26-50)45-39-19-17-20-40(46-58(51-27-5-6-28-51)52-29-7-8-30-52)43(39)44-41(47-59(53-31-9-10-32-53)54-33-11-12-34-54)21-18-22-42(44)48-60(55-35-13-14-36-55)56-37-15-16-38-56/h1-38,45-48H. The van der Waals surface area contributed by atoms with Crippen LogP contribution in [-0.4, -0.2) is 34.7 Å². The van der Waals surface area contributed by atoms with Gasteiger partial charge in [0.2, 0.25) is 33.5 Å². The topological polar surface area (TPSA) is 87.6 Å². The maximum absolute atomic E-state index is 4.08. The molecule has 8 aromatic heterocycles. The van der Waals surface area contributed by atoms with Crippen LogP contribution in [0.25, 0.3) is 11.1 Å². The monoisotopic (exact) mass is 862 g/mol. The van der Waals surface area contributed by atoms with Gasteiger partial charge in [0.15, 0.2) is 0 Å². The first kappa shape index (κ1) is 37.8. The number of aromatic nitrogens is 8. The van der Waals surface area contributed by atoms with Crippen LogP contribution in [0.3, 0.4) is 0 Å². The van der Waals surface area contributed by atoms with Crippen molar-refractivity contribution in [3.05, 3.63) is 233 Å². The Morgan fingerprint density at radius 3 is 0.517 bits per heavy atom. The SMILES string of the molecule is c1cc(NP(n2cccc2)n2cccc2)c(-c2c(NP(n3cccc3)n3cccc3)cccc2NP(n2cccc2)n2cccc2)c(NP(n2cccc2)n2cccc2)c1. The predicted molar refractivity (Wildman–Crippen MR) is 253 cm³/mol. The van der Waals surface area contributed by atoms with Gasteiger partial charge >= 0.3 is 0 Å². The van der Waals surface area contributed by atoms with E-state index in [0.29, 0.717) is 0 Å². The van der Waals surface area contributed by atoms with Crippen LogP contribution in [0.2, 0.25) is 0 Å². The molecule has 2 aromatic carbocycles. The molecule has 0 unspecified atom stereocenters. The highest BCUT2D eigenvalue weighted by molar-refractivity contribution is 7.57. The summed E-state index contributed by atoms with van der Waals surface area (Å²) in [4.78, 5) is 0. The zero-order chi connectivity index (χ0) is 40.1. The van der Waals surface area contributed by atoms with Crippen molar-refractivity contribution in [2.75, 3.05) is 20.3 Å². The van der Waals surface area contributed by atoms with Gasteiger partial charge in [-0.3, -0.25) is 34.7 Å². The van der Waals surface area contributed by atoms with Gasteiger partial charge in [0.1, 0.15) is 0 Å². The van der Waals surface area contributed by atoms with E-state index in [1.165, 1.54) is 0 Å². The van der Waals surface area contributed by atoms with Gasteiger partial charge in [-0.2, -0.15) is 0 Å². The summed E-state index contributed by atoms with van der Waals surface area (Å²) in [5.41, 5.74) is 6.01. The fourth-order valence-electron chi connectivity index (χ4n) is 7.00. The largest absolute Gasteiger partial charge is 0.329 e. The summed E-state index contributed by atoms with van der Waals surface area (Å²) in [6, 6.07) is 46.4. The number of rotatable bonds is 17. The van der Waals surface area contributed by atoms with E-state index in [9.17, 15) is 0 Å². The molecule has 0 amide bonds. The van der Waals surface area contributed by atoms with Gasteiger partial charge < -0.3 is 20.3 Å². The Bertz CT molecular complexity index is 2260. The molecule has 0 aliphatic rings. The van der Waals surface area contributed by atoms with Crippen LogP contribution < -0.4 is 20.3 Å². The first-order chi connectivity index (χ1) is 29.8. The van der Waals surface area contributed by atoms with Crippen molar-refractivity contribution in [3.63, 3.8) is 0 Å². The van der Waals surface area contributed by atoms with Crippen LogP contribution in [0.4, 0.5) is 22.7 Å². The van der Waals surface area contributed by atoms with Gasteiger partial charge in [0.25, 0.3) is 0 Å². The highest BCUT2D eigenvalue weighted by Crippen LogP contribution is 2.55. The lowest BCUT2D eigenvalue weighted by atomic mass is 9.98. The minimum Gasteiger partial charge on any atom is -0.329 e. The molecule has 0 saturated heterocycles. The molecule has 0 bridgehead atoms. The molecule has 10 aromatic rings. The molecule has 0 saturated carbocycles. The Morgan fingerprint density at radius 1 is 0.217 bits per heavy atom. The normalized spacial score (nSPS) is 11.6. The second kappa shape index (κ2) is 17.4. The van der Waals surface area contributed by atoms with Gasteiger partial charge in [-0.25, -0.2) is 0 Å². The Morgan fingerprint density at radius 2 is 0.367 bits per heavy atom. The number of nitrogens with one attached hydrogen (secondary N) is 4. The molecule has 0 spiro atoms. The fourth-order valence-corrected chi connectivity index (χ4v) is 13.7. The van der Waals surface area contributed by atoms with E-state index < -0.39 is 33.5 Å². The average Bonchev–Trinajstić information content (AvgIpc) is 4.13. The third-order valence-electron chi connectivity index (χ3n) is 9.72. The molecule has 0 aliphatic carbocycles. The van der Waals surface area contributed by atoms with Crippen molar-refractivity contribution in [2.45, 2.75) is 0 Å². The number of anilines is 4. The molecule has 0 aliphatic heterocycles. The summed E-state index contributed by atoms with van der Waals surface area (Å²) in [6.45, 7) is 0. The highest BCUT2D eigenvalue weighted by atomic mass is 31.2. The Kier molecular flexibility index (Phi) is 11.0. The maximum Gasteiger partial charge on any atom is 0.213 e. The maximum atomic E-state index is 4.08. The van der Waals surface area contributed by atoms with Gasteiger partial charge in [-0.15, -0.1) is 0 Å². The van der Waals surface area contributed by atoms with Crippen molar-refractivity contribution in [1.82, 2.24) is 34.7 Å². The minimum atomic E-state index is -1.13. The van der Waals surface area contributed by atoms with Crippen molar-refractivity contribution in [3.8, 4) is 11.1 Å². The second-order valence-electron chi connectivity index (χ2n) is 13.6. The molecular weight excluding hydrogens is 820 g/mol. The molecule has 60 heavy (non-hydrogen) atoms. The summed E-state index contributed by atoms with van der Waals surface area (Å²) < 4.78 is 18.0. The van der Waals surface area contributed by atoms with E-state index in [0.717, 1.165) is 33.9 Å². The third-order valence-corrected chi connectivity index (χ3v) is 17.1. The van der Waals surface area contributed by atoms with Crippen molar-refractivity contribution in [1.29, 1.82) is 0 Å². The molecule has 0 radical (unpaired) electrons. The smallest absolute Gasteiger partial charge is 0.213 e. The highest BCUT2D eigenvalue weighted by Gasteiger charge is 2.27. The van der Waals surface area contributed by atoms with E-state index in [2.05, 4.69) is 288 Å². The van der Waals surface area contributed by atoms with Crippen LogP contribution in [0, 0.1) is 0 Å². The lowest BCUT2D eigenvalue weighted by molar-refractivity contribution is 1.14. The van der Waals surface area contributed by atoms with Crippen LogP contribution in [0.1, 0.15) is 0 Å². The fraction of sp³-hybridized carbons (Fsp3) is 0. The number of nitrogens with zero attached hydrogens (tertiary/aromatic N) is 8. The Hall–Kier alpha value is -6.40. The number of benzene rings is 2. The summed E-state index contributed by atoms with van der Waals surface area (Å²) >= 11 is 0. The molecule has 16 heteroatoms. The minimum absolute atomic E-state index is 0.985. The van der Waals surface area contributed by atoms with Gasteiger partial charge in [-0.05, 0) is 121 Å². The van der Waals surface area contributed by atoms with Crippen LogP contribution >= 0.6 is 33.5 Å². The summed E-state index contributed by atoms with van der Waals surface area (Å²) in [7, 11) is -4.54. The molecule has 0 atom stereocenters. The lowest BCUT2D eigenvalue weighted by Crippen LogP contribution is -2.12. The predicted octanol–water partition coefficient (Wildman–Crippen LogP) is 12.7. The summed E-state index contributed by atoms with van der Waals surface area (Å²) in [6.07, 6.45) is 34.0. The lowest BCUT2D eigenvalue weighted by Gasteiger charge is -2.31. The van der Waals surface area contributed by atoms with E-state index in [4.69, 9.17) is 0 Å². The molecule has 12 nitrogen and oxygen atoms in total. The Balaban J connectivity index is 1.20. The first-order valence-electron chi connectivity index (χ1n) is 19.4. The van der Waals surface area contributed by atoms with Crippen LogP contribution in [-0.2, 0) is 0 Å². The molecule has 4 N–H and O–H groups in total. The van der Waals surface area contributed by atoms with E-state index in [1.54, 1.807) is 0 Å². The van der Waals surface area contributed by atoms with Crippen molar-refractivity contribution in [2.24, 2.45) is 0 Å². The molecule has 10 rings (SSSR count). The van der Waals surface area contributed by atoms with Crippen LogP contribution in [0.15, 0.2) is 233 Å². The van der Waals surface area contributed by atoms with Gasteiger partial charge in [0, 0.05) is 110 Å². The van der Waals surface area contributed by atoms with Gasteiger partial charge in [-0.1, -0.05) is 12.1 Å². The first-order valence-corrected chi connectivity index (χ1v) is 24.4. The molecule has 8 heterocycles. The molecular formula is C44H42N12P4. The second-order valence-corrected chi connectivity index (χ2v) is 20.5. The quantitative estimate of drug-likeness (QED) is 0.0687. The van der Waals surface area contributed by atoms with Crippen molar-refractivity contribution < 1.29 is 0 Å². The van der Waals surface area contributed by atoms with Crippen LogP contribution in [0.5, 0.6) is 0 Å². The van der Waals surface area contributed by atoms with E-state index >= 15 is 0 Å². The number of hydrogen-bond donors (Lipinski definition) is 4. The Labute approximate surface area is 353 Å². The van der Waals surface area contributed by atoms with Gasteiger partial charge in [0.05, 0.1) is 22.7 Å².